The van der Waals surface area contributed by atoms with Crippen LogP contribution in [0, 0.1) is 22.7 Å². The first-order valence-corrected chi connectivity index (χ1v) is 11.4. The zero-order chi connectivity index (χ0) is 22.3. The molecule has 0 unspecified atom stereocenters. The molecule has 32 heavy (non-hydrogen) atoms. The maximum atomic E-state index is 10.1. The Balaban J connectivity index is 1.73. The fraction of sp³-hybridized carbons (Fsp3) is 0.280. The third kappa shape index (κ3) is 4.91. The van der Waals surface area contributed by atoms with Crippen LogP contribution in [0.2, 0.25) is 0 Å². The van der Waals surface area contributed by atoms with E-state index in [1.54, 1.807) is 13.3 Å². The van der Waals surface area contributed by atoms with Gasteiger partial charge in [-0.25, -0.2) is 4.98 Å². The van der Waals surface area contributed by atoms with E-state index in [4.69, 9.17) is 14.5 Å². The minimum atomic E-state index is 0.283. The zero-order valence-electron chi connectivity index (χ0n) is 17.7. The summed E-state index contributed by atoms with van der Waals surface area (Å²) < 4.78 is 10.7. The second-order valence-corrected chi connectivity index (χ2v) is 8.40. The predicted molar refractivity (Wildman–Crippen MR) is 122 cm³/mol. The summed E-state index contributed by atoms with van der Waals surface area (Å²) >= 11 is 1.51. The van der Waals surface area contributed by atoms with Crippen LogP contribution in [-0.2, 0) is 10.5 Å². The average molecular weight is 443 g/mol. The summed E-state index contributed by atoms with van der Waals surface area (Å²) in [6.45, 7) is 0.963. The Labute approximate surface area is 191 Å². The lowest BCUT2D eigenvalue weighted by atomic mass is 9.94. The van der Waals surface area contributed by atoms with Crippen molar-refractivity contribution in [2.24, 2.45) is 0 Å². The third-order valence-electron chi connectivity index (χ3n) is 5.18. The smallest absolute Gasteiger partial charge is 0.119 e. The van der Waals surface area contributed by atoms with Crippen molar-refractivity contribution >= 4 is 11.8 Å². The van der Waals surface area contributed by atoms with Gasteiger partial charge in [-0.2, -0.15) is 10.5 Å². The van der Waals surface area contributed by atoms with Crippen LogP contribution >= 0.6 is 11.8 Å². The van der Waals surface area contributed by atoms with E-state index >= 15 is 0 Å². The van der Waals surface area contributed by atoms with Crippen LogP contribution in [0.4, 0.5) is 0 Å². The van der Waals surface area contributed by atoms with Gasteiger partial charge in [0.1, 0.15) is 29.5 Å². The van der Waals surface area contributed by atoms with E-state index in [2.05, 4.69) is 17.1 Å². The fourth-order valence-corrected chi connectivity index (χ4v) is 4.37. The van der Waals surface area contributed by atoms with Crippen molar-refractivity contribution in [3.05, 3.63) is 71.2 Å². The summed E-state index contributed by atoms with van der Waals surface area (Å²) in [5.74, 6) is 1.65. The number of benzene rings is 1. The van der Waals surface area contributed by atoms with E-state index in [1.807, 2.05) is 42.6 Å². The Hall–Kier alpha value is -3.39. The first-order chi connectivity index (χ1) is 15.7. The largest absolute Gasteiger partial charge is 0.491 e. The minimum Gasteiger partial charge on any atom is -0.491 e. The maximum Gasteiger partial charge on any atom is 0.119 e. The van der Waals surface area contributed by atoms with Crippen molar-refractivity contribution in [1.82, 2.24) is 9.97 Å². The number of hydrogen-bond acceptors (Lipinski definition) is 7. The molecule has 1 aliphatic rings. The van der Waals surface area contributed by atoms with Gasteiger partial charge in [-0.1, -0.05) is 18.2 Å². The molecular weight excluding hydrogens is 420 g/mol. The number of rotatable bonds is 9. The molecule has 2 heterocycles. The minimum absolute atomic E-state index is 0.283. The SMILES string of the molecule is COCCOc1ccc(-c2c(C#N)c(SCc3cccnc3)nc(C3CC3)c2C#N)cc1. The molecule has 1 aromatic carbocycles. The van der Waals surface area contributed by atoms with Crippen LogP contribution in [0.15, 0.2) is 53.8 Å². The molecule has 7 heteroatoms. The fourth-order valence-electron chi connectivity index (χ4n) is 3.44. The Kier molecular flexibility index (Phi) is 7.01. The second kappa shape index (κ2) is 10.3. The summed E-state index contributed by atoms with van der Waals surface area (Å²) in [4.78, 5) is 8.97. The van der Waals surface area contributed by atoms with Crippen LogP contribution in [0.5, 0.6) is 5.75 Å². The van der Waals surface area contributed by atoms with Crippen LogP contribution in [0.25, 0.3) is 11.1 Å². The molecule has 0 bridgehead atoms. The summed E-state index contributed by atoms with van der Waals surface area (Å²) in [5, 5.41) is 20.7. The second-order valence-electron chi connectivity index (χ2n) is 7.44. The molecule has 6 nitrogen and oxygen atoms in total. The van der Waals surface area contributed by atoms with Crippen molar-refractivity contribution in [3.8, 4) is 29.0 Å². The van der Waals surface area contributed by atoms with Gasteiger partial charge in [0.05, 0.1) is 23.4 Å². The van der Waals surface area contributed by atoms with Crippen molar-refractivity contribution in [2.45, 2.75) is 29.5 Å². The number of methoxy groups -OCH3 is 1. The van der Waals surface area contributed by atoms with Gasteiger partial charge < -0.3 is 9.47 Å². The van der Waals surface area contributed by atoms with Gasteiger partial charge in [-0.15, -0.1) is 11.8 Å². The lowest BCUT2D eigenvalue weighted by molar-refractivity contribution is 0.146. The number of ether oxygens (including phenoxy) is 2. The maximum absolute atomic E-state index is 10.1. The quantitative estimate of drug-likeness (QED) is 0.337. The first kappa shape index (κ1) is 21.8. The van der Waals surface area contributed by atoms with E-state index in [-0.39, 0.29) is 5.92 Å². The number of nitriles is 2. The summed E-state index contributed by atoms with van der Waals surface area (Å²) in [6.07, 6.45) is 5.59. The van der Waals surface area contributed by atoms with Gasteiger partial charge in [0.25, 0.3) is 0 Å². The third-order valence-corrected chi connectivity index (χ3v) is 6.22. The highest BCUT2D eigenvalue weighted by Gasteiger charge is 2.32. The van der Waals surface area contributed by atoms with Crippen LogP contribution < -0.4 is 4.74 Å². The molecule has 0 aliphatic heterocycles. The van der Waals surface area contributed by atoms with Gasteiger partial charge in [-0.05, 0) is 42.2 Å². The number of pyridine rings is 2. The highest BCUT2D eigenvalue weighted by Crippen LogP contribution is 2.45. The van der Waals surface area contributed by atoms with Crippen molar-refractivity contribution in [1.29, 1.82) is 10.5 Å². The molecule has 160 valence electrons. The molecule has 2 aromatic heterocycles. The Bertz CT molecular complexity index is 1160. The predicted octanol–water partition coefficient (Wildman–Crippen LogP) is 5.08. The van der Waals surface area contributed by atoms with E-state index < -0.39 is 0 Å². The molecule has 1 saturated carbocycles. The molecule has 1 aliphatic carbocycles. The molecule has 0 radical (unpaired) electrons. The molecule has 4 rings (SSSR count). The lowest BCUT2D eigenvalue weighted by Crippen LogP contribution is -2.05. The van der Waals surface area contributed by atoms with Gasteiger partial charge in [0, 0.05) is 36.7 Å². The monoisotopic (exact) mass is 442 g/mol. The molecule has 0 amide bonds. The van der Waals surface area contributed by atoms with E-state index in [0.717, 1.165) is 29.7 Å². The lowest BCUT2D eigenvalue weighted by Gasteiger charge is -2.15. The summed E-state index contributed by atoms with van der Waals surface area (Å²) in [7, 11) is 1.63. The Morgan fingerprint density at radius 3 is 2.47 bits per heavy atom. The molecule has 0 atom stereocenters. The van der Waals surface area contributed by atoms with Crippen molar-refractivity contribution in [2.75, 3.05) is 20.3 Å². The van der Waals surface area contributed by atoms with Gasteiger partial charge in [0.2, 0.25) is 0 Å². The highest BCUT2D eigenvalue weighted by atomic mass is 32.2. The van der Waals surface area contributed by atoms with Crippen molar-refractivity contribution in [3.63, 3.8) is 0 Å². The van der Waals surface area contributed by atoms with Gasteiger partial charge in [-0.3, -0.25) is 4.98 Å². The summed E-state index contributed by atoms with van der Waals surface area (Å²) in [5.41, 5.74) is 4.26. The van der Waals surface area contributed by atoms with Gasteiger partial charge in [0.15, 0.2) is 0 Å². The zero-order valence-corrected chi connectivity index (χ0v) is 18.6. The molecule has 0 N–H and O–H groups in total. The van der Waals surface area contributed by atoms with Crippen LogP contribution in [0.1, 0.15) is 41.1 Å². The molecular formula is C25H22N4O2S. The first-order valence-electron chi connectivity index (χ1n) is 10.4. The van der Waals surface area contributed by atoms with E-state index in [0.29, 0.717) is 46.4 Å². The average Bonchev–Trinajstić information content (AvgIpc) is 3.68. The molecule has 3 aromatic rings. The Morgan fingerprint density at radius 1 is 1.06 bits per heavy atom. The molecule has 1 fully saturated rings. The topological polar surface area (TPSA) is 91.8 Å². The summed E-state index contributed by atoms with van der Waals surface area (Å²) in [6, 6.07) is 16.0. The highest BCUT2D eigenvalue weighted by molar-refractivity contribution is 7.98. The molecule has 0 spiro atoms. The van der Waals surface area contributed by atoms with Crippen molar-refractivity contribution < 1.29 is 9.47 Å². The number of nitrogens with zero attached hydrogens (tertiary/aromatic N) is 4. The number of thioether (sulfide) groups is 1. The normalized spacial score (nSPS) is 12.7. The van der Waals surface area contributed by atoms with E-state index in [9.17, 15) is 10.5 Å². The standard InChI is InChI=1S/C25H22N4O2S/c1-30-11-12-31-20-8-6-18(7-9-20)23-21(13-26)24(19-4-5-19)29-25(22(23)14-27)32-16-17-3-2-10-28-15-17/h2-3,6-10,15,19H,4-5,11-12,16H2,1H3. The molecule has 0 saturated heterocycles. The van der Waals surface area contributed by atoms with Crippen LogP contribution in [-0.4, -0.2) is 30.3 Å². The number of aromatic nitrogens is 2. The van der Waals surface area contributed by atoms with E-state index in [1.165, 1.54) is 11.8 Å². The van der Waals surface area contributed by atoms with Crippen LogP contribution in [0.3, 0.4) is 0 Å². The number of hydrogen-bond donors (Lipinski definition) is 0. The Morgan fingerprint density at radius 2 is 1.84 bits per heavy atom. The van der Waals surface area contributed by atoms with Gasteiger partial charge >= 0.3 is 0 Å².